The molecule has 0 aromatic heterocycles. The van der Waals surface area contributed by atoms with Crippen LogP contribution in [-0.4, -0.2) is 38.0 Å². The van der Waals surface area contributed by atoms with Gasteiger partial charge in [-0.1, -0.05) is 19.1 Å². The Morgan fingerprint density at radius 3 is 2.37 bits per heavy atom. The Balaban J connectivity index is 2.55. The number of rotatable bonds is 8. The third-order valence-electron chi connectivity index (χ3n) is 2.97. The third-order valence-corrected chi connectivity index (χ3v) is 2.97. The molecule has 2 nitrogen and oxygen atoms in total. The van der Waals surface area contributed by atoms with Crippen LogP contribution in [0.2, 0.25) is 0 Å². The van der Waals surface area contributed by atoms with Gasteiger partial charge in [-0.3, -0.25) is 0 Å². The van der Waals surface area contributed by atoms with E-state index in [1.807, 2.05) is 6.92 Å². The van der Waals surface area contributed by atoms with Gasteiger partial charge in [0.1, 0.15) is 5.82 Å². The molecule has 1 aromatic rings. The van der Waals surface area contributed by atoms with E-state index in [0.717, 1.165) is 12.1 Å². The summed E-state index contributed by atoms with van der Waals surface area (Å²) in [6.07, 6.45) is -1.60. The molecule has 0 saturated heterocycles. The lowest BCUT2D eigenvalue weighted by molar-refractivity contribution is 0.0985. The molecule has 0 radical (unpaired) electrons. The minimum atomic E-state index is -2.31. The van der Waals surface area contributed by atoms with E-state index in [0.29, 0.717) is 13.0 Å². The van der Waals surface area contributed by atoms with E-state index in [9.17, 15) is 13.2 Å². The normalized spacial score (nSPS) is 13.2. The minimum absolute atomic E-state index is 0.0609. The number of nitrogens with one attached hydrogen (secondary N) is 1. The maximum absolute atomic E-state index is 12.9. The third kappa shape index (κ3) is 6.07. The Morgan fingerprint density at radius 1 is 1.21 bits per heavy atom. The van der Waals surface area contributed by atoms with Crippen molar-refractivity contribution in [1.29, 1.82) is 0 Å². The van der Waals surface area contributed by atoms with Gasteiger partial charge in [0, 0.05) is 6.04 Å². The molecule has 0 spiro atoms. The van der Waals surface area contributed by atoms with Gasteiger partial charge in [-0.2, -0.15) is 0 Å². The lowest BCUT2D eigenvalue weighted by Gasteiger charge is -2.22. The van der Waals surface area contributed by atoms with Crippen molar-refractivity contribution in [3.05, 3.63) is 35.6 Å². The van der Waals surface area contributed by atoms with Crippen molar-refractivity contribution in [2.24, 2.45) is 0 Å². The zero-order valence-corrected chi connectivity index (χ0v) is 11.4. The number of hydrogen-bond donors (Lipinski definition) is 1. The standard InChI is InChI=1S/C14H21F3N2/c1-3-18-13(8-9-19(2)10-14(16)17)11-4-6-12(15)7-5-11/h4-7,13-14,18H,3,8-10H2,1-2H3. The molecule has 0 aliphatic carbocycles. The summed E-state index contributed by atoms with van der Waals surface area (Å²) in [6.45, 7) is 3.11. The fraction of sp³-hybridized carbons (Fsp3) is 0.571. The molecule has 1 unspecified atom stereocenters. The first kappa shape index (κ1) is 16.0. The van der Waals surface area contributed by atoms with Crippen LogP contribution in [-0.2, 0) is 0 Å². The van der Waals surface area contributed by atoms with Gasteiger partial charge in [-0.15, -0.1) is 0 Å². The van der Waals surface area contributed by atoms with Gasteiger partial charge in [0.2, 0.25) is 0 Å². The van der Waals surface area contributed by atoms with Crippen LogP contribution in [0.15, 0.2) is 24.3 Å². The zero-order valence-electron chi connectivity index (χ0n) is 11.4. The van der Waals surface area contributed by atoms with Crippen molar-refractivity contribution in [2.45, 2.75) is 25.8 Å². The number of alkyl halides is 2. The molecule has 0 amide bonds. The van der Waals surface area contributed by atoms with E-state index in [-0.39, 0.29) is 18.4 Å². The molecule has 5 heteroatoms. The monoisotopic (exact) mass is 274 g/mol. The first-order chi connectivity index (χ1) is 9.02. The van der Waals surface area contributed by atoms with Crippen molar-refractivity contribution in [3.63, 3.8) is 0 Å². The molecule has 0 saturated carbocycles. The lowest BCUT2D eigenvalue weighted by Crippen LogP contribution is -2.30. The zero-order chi connectivity index (χ0) is 14.3. The Hall–Kier alpha value is -1.07. The maximum atomic E-state index is 12.9. The summed E-state index contributed by atoms with van der Waals surface area (Å²) >= 11 is 0. The van der Waals surface area contributed by atoms with Crippen molar-refractivity contribution in [1.82, 2.24) is 10.2 Å². The summed E-state index contributed by atoms with van der Waals surface area (Å²) in [5.74, 6) is -0.270. The lowest BCUT2D eigenvalue weighted by atomic mass is 10.0. The molecule has 0 fully saturated rings. The molecular formula is C14H21F3N2. The first-order valence-corrected chi connectivity index (χ1v) is 6.48. The quantitative estimate of drug-likeness (QED) is 0.783. The summed E-state index contributed by atoms with van der Waals surface area (Å²) in [7, 11) is 1.68. The second-order valence-electron chi connectivity index (χ2n) is 4.60. The fourth-order valence-electron chi connectivity index (χ4n) is 2.00. The van der Waals surface area contributed by atoms with Crippen molar-refractivity contribution < 1.29 is 13.2 Å². The van der Waals surface area contributed by atoms with Crippen LogP contribution in [0.5, 0.6) is 0 Å². The molecule has 108 valence electrons. The number of benzene rings is 1. The molecule has 0 bridgehead atoms. The average Bonchev–Trinajstić information content (AvgIpc) is 2.35. The van der Waals surface area contributed by atoms with Gasteiger partial charge < -0.3 is 10.2 Å². The second-order valence-corrected chi connectivity index (χ2v) is 4.60. The van der Waals surface area contributed by atoms with Gasteiger partial charge in [-0.05, 0) is 44.3 Å². The summed E-state index contributed by atoms with van der Waals surface area (Å²) in [5.41, 5.74) is 0.980. The van der Waals surface area contributed by atoms with Crippen molar-refractivity contribution in [2.75, 3.05) is 26.7 Å². The summed E-state index contributed by atoms with van der Waals surface area (Å²) in [5, 5.41) is 3.29. The van der Waals surface area contributed by atoms with E-state index >= 15 is 0 Å². The molecule has 0 heterocycles. The van der Waals surface area contributed by atoms with E-state index in [4.69, 9.17) is 0 Å². The van der Waals surface area contributed by atoms with E-state index < -0.39 is 6.43 Å². The molecule has 0 aliphatic heterocycles. The van der Waals surface area contributed by atoms with Crippen molar-refractivity contribution >= 4 is 0 Å². The Bertz CT molecular complexity index is 354. The summed E-state index contributed by atoms with van der Waals surface area (Å²) in [4.78, 5) is 1.61. The Kier molecular flexibility index (Phi) is 6.87. The van der Waals surface area contributed by atoms with Crippen LogP contribution in [0.1, 0.15) is 24.9 Å². The molecule has 19 heavy (non-hydrogen) atoms. The smallest absolute Gasteiger partial charge is 0.251 e. The highest BCUT2D eigenvalue weighted by Crippen LogP contribution is 2.17. The second kappa shape index (κ2) is 8.17. The van der Waals surface area contributed by atoms with E-state index in [1.165, 1.54) is 12.1 Å². The van der Waals surface area contributed by atoms with Crippen LogP contribution < -0.4 is 5.32 Å². The topological polar surface area (TPSA) is 15.3 Å². The van der Waals surface area contributed by atoms with Crippen LogP contribution in [0.3, 0.4) is 0 Å². The molecule has 0 aliphatic rings. The van der Waals surface area contributed by atoms with E-state index in [1.54, 1.807) is 24.1 Å². The van der Waals surface area contributed by atoms with Crippen LogP contribution in [0.4, 0.5) is 13.2 Å². The maximum Gasteiger partial charge on any atom is 0.251 e. The summed E-state index contributed by atoms with van der Waals surface area (Å²) < 4.78 is 37.3. The molecule has 1 rings (SSSR count). The predicted molar refractivity (Wildman–Crippen MR) is 70.9 cm³/mol. The van der Waals surface area contributed by atoms with Crippen LogP contribution >= 0.6 is 0 Å². The molecule has 1 atom stereocenters. The van der Waals surface area contributed by atoms with Gasteiger partial charge in [0.05, 0.1) is 6.54 Å². The van der Waals surface area contributed by atoms with Gasteiger partial charge >= 0.3 is 0 Å². The highest BCUT2D eigenvalue weighted by atomic mass is 19.3. The Morgan fingerprint density at radius 2 is 1.84 bits per heavy atom. The summed E-state index contributed by atoms with van der Waals surface area (Å²) in [6, 6.07) is 6.36. The highest BCUT2D eigenvalue weighted by molar-refractivity contribution is 5.19. The minimum Gasteiger partial charge on any atom is -0.310 e. The van der Waals surface area contributed by atoms with Crippen molar-refractivity contribution in [3.8, 4) is 0 Å². The number of hydrogen-bond acceptors (Lipinski definition) is 2. The van der Waals surface area contributed by atoms with Gasteiger partial charge in [0.25, 0.3) is 6.43 Å². The average molecular weight is 274 g/mol. The SMILES string of the molecule is CCNC(CCN(C)CC(F)F)c1ccc(F)cc1. The Labute approximate surface area is 112 Å². The van der Waals surface area contributed by atoms with Crippen LogP contribution in [0.25, 0.3) is 0 Å². The number of nitrogens with zero attached hydrogens (tertiary/aromatic N) is 1. The van der Waals surface area contributed by atoms with Gasteiger partial charge in [-0.25, -0.2) is 13.2 Å². The fourth-order valence-corrected chi connectivity index (χ4v) is 2.00. The predicted octanol–water partition coefficient (Wildman–Crippen LogP) is 3.06. The number of halogens is 3. The highest BCUT2D eigenvalue weighted by Gasteiger charge is 2.13. The first-order valence-electron chi connectivity index (χ1n) is 6.48. The molecular weight excluding hydrogens is 253 g/mol. The van der Waals surface area contributed by atoms with Crippen LogP contribution in [0, 0.1) is 5.82 Å². The molecule has 1 aromatic carbocycles. The van der Waals surface area contributed by atoms with E-state index in [2.05, 4.69) is 5.32 Å². The van der Waals surface area contributed by atoms with Gasteiger partial charge in [0.15, 0.2) is 0 Å². The largest absolute Gasteiger partial charge is 0.310 e. The molecule has 1 N–H and O–H groups in total.